The molecule has 0 radical (unpaired) electrons. The molecule has 0 amide bonds. The Morgan fingerprint density at radius 3 is 2.62 bits per heavy atom. The Hall–Kier alpha value is -2.03. The van der Waals surface area contributed by atoms with Gasteiger partial charge in [-0.05, 0) is 24.6 Å². The molecule has 2 rings (SSSR count). The van der Waals surface area contributed by atoms with Crippen LogP contribution in [-0.4, -0.2) is 18.2 Å². The minimum absolute atomic E-state index is 0.314. The maximum atomic E-state index is 11.1. The highest BCUT2D eigenvalue weighted by atomic mass is 16.5. The molecule has 0 atom stereocenters. The molecule has 3 nitrogen and oxygen atoms in total. The molecule has 0 aromatic heterocycles. The van der Waals surface area contributed by atoms with Gasteiger partial charge in [-0.1, -0.05) is 18.2 Å². The van der Waals surface area contributed by atoms with Crippen LogP contribution < -0.4 is 4.74 Å². The third-order valence-corrected chi connectivity index (χ3v) is 2.66. The maximum Gasteiger partial charge on any atom is 0.336 e. The van der Waals surface area contributed by atoms with Gasteiger partial charge in [0.2, 0.25) is 0 Å². The number of aryl methyl sites for hydroxylation is 1. The van der Waals surface area contributed by atoms with Crippen LogP contribution in [0.1, 0.15) is 15.9 Å². The first-order valence-electron chi connectivity index (χ1n) is 4.94. The van der Waals surface area contributed by atoms with E-state index in [0.717, 1.165) is 16.3 Å². The largest absolute Gasteiger partial charge is 0.496 e. The third kappa shape index (κ3) is 1.50. The van der Waals surface area contributed by atoms with Crippen LogP contribution in [0.25, 0.3) is 10.8 Å². The van der Waals surface area contributed by atoms with E-state index in [-0.39, 0.29) is 0 Å². The molecule has 0 aliphatic rings. The highest BCUT2D eigenvalue weighted by Gasteiger charge is 2.12. The van der Waals surface area contributed by atoms with Crippen molar-refractivity contribution in [2.24, 2.45) is 0 Å². The predicted octanol–water partition coefficient (Wildman–Crippen LogP) is 2.86. The lowest BCUT2D eigenvalue weighted by Crippen LogP contribution is -1.99. The van der Waals surface area contributed by atoms with Crippen molar-refractivity contribution in [2.75, 3.05) is 7.11 Å². The topological polar surface area (TPSA) is 46.5 Å². The fourth-order valence-corrected chi connectivity index (χ4v) is 1.92. The average Bonchev–Trinajstić information content (AvgIpc) is 2.28. The van der Waals surface area contributed by atoms with Gasteiger partial charge in [-0.15, -0.1) is 0 Å². The molecule has 0 aliphatic carbocycles. The lowest BCUT2D eigenvalue weighted by molar-refractivity contribution is 0.0699. The highest BCUT2D eigenvalue weighted by Crippen LogP contribution is 2.30. The molecule has 0 saturated carbocycles. The number of fused-ring (bicyclic) bond motifs is 1. The van der Waals surface area contributed by atoms with E-state index in [2.05, 4.69) is 0 Å². The van der Waals surface area contributed by atoms with Crippen molar-refractivity contribution in [1.82, 2.24) is 0 Å². The first-order chi connectivity index (χ1) is 7.65. The highest BCUT2D eigenvalue weighted by molar-refractivity contribution is 6.07. The molecule has 16 heavy (non-hydrogen) atoms. The van der Waals surface area contributed by atoms with Crippen LogP contribution in [0.2, 0.25) is 0 Å². The number of carboxylic acids is 1. The monoisotopic (exact) mass is 216 g/mol. The molecule has 0 fully saturated rings. The number of hydrogen-bond donors (Lipinski definition) is 1. The number of carbonyl (C=O) groups is 1. The second-order valence-corrected chi connectivity index (χ2v) is 3.62. The van der Waals surface area contributed by atoms with Crippen molar-refractivity contribution in [3.63, 3.8) is 0 Å². The molecule has 0 saturated heterocycles. The molecule has 1 N–H and O–H groups in total. The zero-order valence-corrected chi connectivity index (χ0v) is 9.15. The van der Waals surface area contributed by atoms with Gasteiger partial charge in [-0.25, -0.2) is 4.79 Å². The van der Waals surface area contributed by atoms with Gasteiger partial charge in [0.25, 0.3) is 0 Å². The van der Waals surface area contributed by atoms with Gasteiger partial charge in [-0.2, -0.15) is 0 Å². The Morgan fingerprint density at radius 2 is 2.00 bits per heavy atom. The molecule has 3 heteroatoms. The summed E-state index contributed by atoms with van der Waals surface area (Å²) in [5.74, 6) is -0.217. The Kier molecular flexibility index (Phi) is 2.52. The number of hydrogen-bond acceptors (Lipinski definition) is 2. The minimum Gasteiger partial charge on any atom is -0.496 e. The SMILES string of the molecule is COc1ccc(C(=O)O)c2c(C)cccc12. The smallest absolute Gasteiger partial charge is 0.336 e. The Labute approximate surface area is 93.3 Å². The van der Waals surface area contributed by atoms with E-state index in [0.29, 0.717) is 11.3 Å². The average molecular weight is 216 g/mol. The standard InChI is InChI=1S/C13H12O3/c1-8-4-3-5-9-11(16-2)7-6-10(12(8)9)13(14)15/h3-7H,1-2H3,(H,14,15). The Balaban J connectivity index is 2.92. The summed E-state index contributed by atoms with van der Waals surface area (Å²) in [7, 11) is 1.58. The Bertz CT molecular complexity index is 558. The summed E-state index contributed by atoms with van der Waals surface area (Å²) >= 11 is 0. The number of aromatic carboxylic acids is 1. The lowest BCUT2D eigenvalue weighted by atomic mass is 9.99. The zero-order chi connectivity index (χ0) is 11.7. The van der Waals surface area contributed by atoms with E-state index in [9.17, 15) is 4.79 Å². The molecule has 0 bridgehead atoms. The molecular formula is C13H12O3. The molecule has 2 aromatic rings. The van der Waals surface area contributed by atoms with Crippen LogP contribution in [0, 0.1) is 6.92 Å². The van der Waals surface area contributed by atoms with Crippen LogP contribution in [0.5, 0.6) is 5.75 Å². The van der Waals surface area contributed by atoms with Gasteiger partial charge in [-0.3, -0.25) is 0 Å². The van der Waals surface area contributed by atoms with Gasteiger partial charge < -0.3 is 9.84 Å². The zero-order valence-electron chi connectivity index (χ0n) is 9.15. The summed E-state index contributed by atoms with van der Waals surface area (Å²) in [6.45, 7) is 1.90. The molecule has 82 valence electrons. The van der Waals surface area contributed by atoms with Crippen LogP contribution in [0.3, 0.4) is 0 Å². The van der Waals surface area contributed by atoms with E-state index >= 15 is 0 Å². The second kappa shape index (κ2) is 3.85. The van der Waals surface area contributed by atoms with Gasteiger partial charge in [0.15, 0.2) is 0 Å². The van der Waals surface area contributed by atoms with Crippen LogP contribution >= 0.6 is 0 Å². The van der Waals surface area contributed by atoms with Crippen LogP contribution in [0.4, 0.5) is 0 Å². The summed E-state index contributed by atoms with van der Waals surface area (Å²) in [5, 5.41) is 10.7. The van der Waals surface area contributed by atoms with Gasteiger partial charge in [0.05, 0.1) is 12.7 Å². The number of rotatable bonds is 2. The van der Waals surface area contributed by atoms with Crippen molar-refractivity contribution < 1.29 is 14.6 Å². The van der Waals surface area contributed by atoms with Crippen molar-refractivity contribution >= 4 is 16.7 Å². The van der Waals surface area contributed by atoms with E-state index in [1.165, 1.54) is 0 Å². The molecule has 0 aliphatic heterocycles. The van der Waals surface area contributed by atoms with Crippen LogP contribution in [0.15, 0.2) is 30.3 Å². The Morgan fingerprint density at radius 1 is 1.25 bits per heavy atom. The fraction of sp³-hybridized carbons (Fsp3) is 0.154. The summed E-state index contributed by atoms with van der Waals surface area (Å²) in [5.41, 5.74) is 1.25. The van der Waals surface area contributed by atoms with Crippen molar-refractivity contribution in [3.8, 4) is 5.75 Å². The summed E-state index contributed by atoms with van der Waals surface area (Å²) in [4.78, 5) is 11.1. The summed E-state index contributed by atoms with van der Waals surface area (Å²) in [6, 6.07) is 8.93. The number of ether oxygens (including phenoxy) is 1. The first-order valence-corrected chi connectivity index (χ1v) is 4.94. The van der Waals surface area contributed by atoms with E-state index < -0.39 is 5.97 Å². The van der Waals surface area contributed by atoms with Crippen molar-refractivity contribution in [2.45, 2.75) is 6.92 Å². The number of methoxy groups -OCH3 is 1. The second-order valence-electron chi connectivity index (χ2n) is 3.62. The predicted molar refractivity (Wildman–Crippen MR) is 62.2 cm³/mol. The maximum absolute atomic E-state index is 11.1. The summed E-state index contributed by atoms with van der Waals surface area (Å²) < 4.78 is 5.22. The van der Waals surface area contributed by atoms with E-state index in [1.807, 2.05) is 25.1 Å². The molecule has 0 unspecified atom stereocenters. The molecule has 0 spiro atoms. The lowest BCUT2D eigenvalue weighted by Gasteiger charge is -2.09. The van der Waals surface area contributed by atoms with E-state index in [4.69, 9.17) is 9.84 Å². The quantitative estimate of drug-likeness (QED) is 0.839. The van der Waals surface area contributed by atoms with Crippen LogP contribution in [-0.2, 0) is 0 Å². The number of benzene rings is 2. The normalized spacial score (nSPS) is 10.4. The minimum atomic E-state index is -0.915. The number of carboxylic acid groups (broad SMARTS) is 1. The van der Waals surface area contributed by atoms with Gasteiger partial charge in [0, 0.05) is 10.8 Å². The van der Waals surface area contributed by atoms with Gasteiger partial charge in [0.1, 0.15) is 5.75 Å². The molecule has 2 aromatic carbocycles. The third-order valence-electron chi connectivity index (χ3n) is 2.66. The first kappa shape index (κ1) is 10.5. The van der Waals surface area contributed by atoms with Crippen molar-refractivity contribution in [1.29, 1.82) is 0 Å². The summed E-state index contributed by atoms with van der Waals surface area (Å²) in [6.07, 6.45) is 0. The fourth-order valence-electron chi connectivity index (χ4n) is 1.92. The molecular weight excluding hydrogens is 204 g/mol. The molecule has 0 heterocycles. The van der Waals surface area contributed by atoms with Gasteiger partial charge >= 0.3 is 5.97 Å². The van der Waals surface area contributed by atoms with Crippen molar-refractivity contribution in [3.05, 3.63) is 41.5 Å². The van der Waals surface area contributed by atoms with E-state index in [1.54, 1.807) is 19.2 Å².